The van der Waals surface area contributed by atoms with Crippen molar-refractivity contribution in [3.05, 3.63) is 53.6 Å². The highest BCUT2D eigenvalue weighted by atomic mass is 16.5. The molecule has 28 heavy (non-hydrogen) atoms. The van der Waals surface area contributed by atoms with Gasteiger partial charge in [0.25, 0.3) is 5.91 Å². The summed E-state index contributed by atoms with van der Waals surface area (Å²) in [7, 11) is 1.59. The minimum absolute atomic E-state index is 0.157. The predicted molar refractivity (Wildman–Crippen MR) is 113 cm³/mol. The average Bonchev–Trinajstić information content (AvgIpc) is 2.60. The first-order valence-electron chi connectivity index (χ1n) is 9.24. The minimum atomic E-state index is -0.241. The summed E-state index contributed by atoms with van der Waals surface area (Å²) in [5.74, 6) is 0.300. The lowest BCUT2D eigenvalue weighted by Gasteiger charge is -2.19. The molecule has 2 amide bonds. The Hall–Kier alpha value is -2.86. The monoisotopic (exact) mass is 383 g/mol. The maximum absolute atomic E-state index is 12.7. The fraction of sp³-hybridized carbons (Fsp3) is 0.364. The van der Waals surface area contributed by atoms with E-state index in [1.165, 1.54) is 6.92 Å². The Morgan fingerprint density at radius 1 is 0.964 bits per heavy atom. The van der Waals surface area contributed by atoms with E-state index in [1.54, 1.807) is 37.4 Å². The Bertz CT molecular complexity index is 824. The zero-order valence-corrected chi connectivity index (χ0v) is 17.2. The van der Waals surface area contributed by atoms with E-state index in [1.807, 2.05) is 12.1 Å². The van der Waals surface area contributed by atoms with Gasteiger partial charge in [0.05, 0.1) is 7.11 Å². The van der Waals surface area contributed by atoms with Crippen LogP contribution in [0.2, 0.25) is 0 Å². The number of methoxy groups -OCH3 is 1. The molecule has 0 heterocycles. The predicted octanol–water partition coefficient (Wildman–Crippen LogP) is 4.04. The molecule has 0 saturated heterocycles. The van der Waals surface area contributed by atoms with Crippen LogP contribution in [-0.4, -0.2) is 25.5 Å². The van der Waals surface area contributed by atoms with E-state index in [-0.39, 0.29) is 17.2 Å². The highest BCUT2D eigenvalue weighted by Crippen LogP contribution is 2.19. The number of benzene rings is 2. The molecule has 6 heteroatoms. The number of anilines is 2. The maximum atomic E-state index is 12.7. The first-order chi connectivity index (χ1) is 13.2. The Balaban J connectivity index is 2.18. The fourth-order valence-corrected chi connectivity index (χ4v) is 2.66. The Labute approximate surface area is 166 Å². The summed E-state index contributed by atoms with van der Waals surface area (Å²) in [6.07, 6.45) is 0. The normalized spacial score (nSPS) is 11.0. The SMILES string of the molecule is COc1ccc(NC(=O)c2cc(CNCC(C)(C)C)cc(NC(C)=O)c2)cc1. The van der Waals surface area contributed by atoms with E-state index in [0.29, 0.717) is 23.5 Å². The molecule has 2 aromatic carbocycles. The van der Waals surface area contributed by atoms with Crippen molar-refractivity contribution in [2.45, 2.75) is 34.2 Å². The van der Waals surface area contributed by atoms with Crippen LogP contribution in [0.5, 0.6) is 5.75 Å². The second-order valence-electron chi connectivity index (χ2n) is 7.95. The Morgan fingerprint density at radius 2 is 1.64 bits per heavy atom. The molecule has 0 aliphatic heterocycles. The van der Waals surface area contributed by atoms with Crippen LogP contribution in [0.25, 0.3) is 0 Å². The average molecular weight is 383 g/mol. The molecule has 0 aromatic heterocycles. The summed E-state index contributed by atoms with van der Waals surface area (Å²) < 4.78 is 5.13. The van der Waals surface area contributed by atoms with E-state index in [9.17, 15) is 9.59 Å². The molecule has 0 fully saturated rings. The number of carbonyl (C=O) groups is 2. The Kier molecular flexibility index (Phi) is 7.18. The lowest BCUT2D eigenvalue weighted by atomic mass is 9.97. The van der Waals surface area contributed by atoms with Crippen molar-refractivity contribution in [3.63, 3.8) is 0 Å². The van der Waals surface area contributed by atoms with Crippen molar-refractivity contribution in [1.82, 2.24) is 5.32 Å². The smallest absolute Gasteiger partial charge is 0.255 e. The number of hydrogen-bond donors (Lipinski definition) is 3. The molecule has 0 radical (unpaired) electrons. The number of amides is 2. The van der Waals surface area contributed by atoms with E-state index in [4.69, 9.17) is 4.74 Å². The molecular formula is C22H29N3O3. The summed E-state index contributed by atoms with van der Waals surface area (Å²) in [6, 6.07) is 12.5. The third kappa shape index (κ3) is 7.04. The van der Waals surface area contributed by atoms with Gasteiger partial charge >= 0.3 is 0 Å². The number of nitrogens with one attached hydrogen (secondary N) is 3. The van der Waals surface area contributed by atoms with Crippen molar-refractivity contribution >= 4 is 23.2 Å². The third-order valence-corrected chi connectivity index (χ3v) is 3.91. The van der Waals surface area contributed by atoms with Gasteiger partial charge < -0.3 is 20.7 Å². The van der Waals surface area contributed by atoms with E-state index < -0.39 is 0 Å². The number of rotatable bonds is 7. The molecule has 3 N–H and O–H groups in total. The van der Waals surface area contributed by atoms with Crippen LogP contribution in [0.1, 0.15) is 43.6 Å². The molecule has 2 aromatic rings. The van der Waals surface area contributed by atoms with E-state index in [0.717, 1.165) is 17.9 Å². The van der Waals surface area contributed by atoms with Crippen molar-refractivity contribution in [2.75, 3.05) is 24.3 Å². The zero-order valence-electron chi connectivity index (χ0n) is 17.2. The molecule has 0 spiro atoms. The molecule has 0 bridgehead atoms. The molecule has 0 atom stereocenters. The summed E-state index contributed by atoms with van der Waals surface area (Å²) in [4.78, 5) is 24.2. The molecule has 0 aliphatic rings. The molecule has 150 valence electrons. The van der Waals surface area contributed by atoms with Crippen molar-refractivity contribution in [1.29, 1.82) is 0 Å². The molecule has 0 aliphatic carbocycles. The van der Waals surface area contributed by atoms with Gasteiger partial charge in [-0.25, -0.2) is 0 Å². The van der Waals surface area contributed by atoms with Gasteiger partial charge in [-0.05, 0) is 53.4 Å². The van der Waals surface area contributed by atoms with Crippen LogP contribution in [-0.2, 0) is 11.3 Å². The van der Waals surface area contributed by atoms with E-state index in [2.05, 4.69) is 36.7 Å². The van der Waals surface area contributed by atoms with Gasteiger partial charge in [-0.3, -0.25) is 9.59 Å². The summed E-state index contributed by atoms with van der Waals surface area (Å²) in [5, 5.41) is 9.03. The molecular weight excluding hydrogens is 354 g/mol. The highest BCUT2D eigenvalue weighted by molar-refractivity contribution is 6.05. The van der Waals surface area contributed by atoms with E-state index >= 15 is 0 Å². The van der Waals surface area contributed by atoms with Crippen LogP contribution < -0.4 is 20.7 Å². The van der Waals surface area contributed by atoms with Gasteiger partial charge in [0, 0.05) is 37.0 Å². The first kappa shape index (κ1) is 21.4. The standard InChI is InChI=1S/C22H29N3O3/c1-15(26)24-19-11-16(13-23-14-22(2,3)4)10-17(12-19)21(27)25-18-6-8-20(28-5)9-7-18/h6-12,23H,13-14H2,1-5H3,(H,24,26)(H,25,27). The summed E-state index contributed by atoms with van der Waals surface area (Å²) >= 11 is 0. The summed E-state index contributed by atoms with van der Waals surface area (Å²) in [6.45, 7) is 9.35. The van der Waals surface area contributed by atoms with Crippen LogP contribution in [0.4, 0.5) is 11.4 Å². The summed E-state index contributed by atoms with van der Waals surface area (Å²) in [5.41, 5.74) is 2.83. The van der Waals surface area contributed by atoms with Gasteiger partial charge in [-0.1, -0.05) is 20.8 Å². The maximum Gasteiger partial charge on any atom is 0.255 e. The number of hydrogen-bond acceptors (Lipinski definition) is 4. The van der Waals surface area contributed by atoms with Crippen molar-refractivity contribution in [2.24, 2.45) is 5.41 Å². The highest BCUT2D eigenvalue weighted by Gasteiger charge is 2.12. The van der Waals surface area contributed by atoms with Crippen LogP contribution >= 0.6 is 0 Å². The van der Waals surface area contributed by atoms with Crippen molar-refractivity contribution in [3.8, 4) is 5.75 Å². The Morgan fingerprint density at radius 3 is 2.21 bits per heavy atom. The quantitative estimate of drug-likeness (QED) is 0.674. The topological polar surface area (TPSA) is 79.5 Å². The molecule has 2 rings (SSSR count). The largest absolute Gasteiger partial charge is 0.497 e. The molecule has 0 unspecified atom stereocenters. The lowest BCUT2D eigenvalue weighted by molar-refractivity contribution is -0.114. The number of carbonyl (C=O) groups excluding carboxylic acids is 2. The molecule has 6 nitrogen and oxygen atoms in total. The van der Waals surface area contributed by atoms with Gasteiger partial charge in [0.15, 0.2) is 0 Å². The van der Waals surface area contributed by atoms with Crippen LogP contribution in [0.15, 0.2) is 42.5 Å². The lowest BCUT2D eigenvalue weighted by Crippen LogP contribution is -2.26. The fourth-order valence-electron chi connectivity index (χ4n) is 2.66. The zero-order chi connectivity index (χ0) is 20.7. The van der Waals surface area contributed by atoms with Crippen LogP contribution in [0.3, 0.4) is 0 Å². The second kappa shape index (κ2) is 9.37. The van der Waals surface area contributed by atoms with Gasteiger partial charge in [-0.15, -0.1) is 0 Å². The van der Waals surface area contributed by atoms with Gasteiger partial charge in [-0.2, -0.15) is 0 Å². The third-order valence-electron chi connectivity index (χ3n) is 3.91. The van der Waals surface area contributed by atoms with Gasteiger partial charge in [0.2, 0.25) is 5.91 Å². The second-order valence-corrected chi connectivity index (χ2v) is 7.95. The molecule has 0 saturated carbocycles. The number of ether oxygens (including phenoxy) is 1. The first-order valence-corrected chi connectivity index (χ1v) is 9.24. The minimum Gasteiger partial charge on any atom is -0.497 e. The van der Waals surface area contributed by atoms with Gasteiger partial charge in [0.1, 0.15) is 5.75 Å². The van der Waals surface area contributed by atoms with Crippen molar-refractivity contribution < 1.29 is 14.3 Å². The van der Waals surface area contributed by atoms with Crippen LogP contribution in [0, 0.1) is 5.41 Å².